The molecule has 0 aromatic heterocycles. The maximum Gasteiger partial charge on any atom is 0.151 e. The molecule has 0 heterocycles. The lowest BCUT2D eigenvalue weighted by molar-refractivity contribution is 0.500. The quantitative estimate of drug-likeness (QED) is 0.877. The first-order chi connectivity index (χ1) is 9.43. The predicted octanol–water partition coefficient (Wildman–Crippen LogP) is 2.65. The van der Waals surface area contributed by atoms with Crippen molar-refractivity contribution in [3.63, 3.8) is 0 Å². The highest BCUT2D eigenvalue weighted by Crippen LogP contribution is 2.28. The van der Waals surface area contributed by atoms with Crippen LogP contribution in [0.5, 0.6) is 0 Å². The highest BCUT2D eigenvalue weighted by molar-refractivity contribution is 7.91. The van der Waals surface area contributed by atoms with Crippen LogP contribution in [0.4, 0.5) is 0 Å². The van der Waals surface area contributed by atoms with Gasteiger partial charge in [-0.2, -0.15) is 0 Å². The van der Waals surface area contributed by atoms with Gasteiger partial charge in [-0.15, -0.1) is 0 Å². The van der Waals surface area contributed by atoms with Crippen LogP contribution in [-0.4, -0.2) is 26.5 Å². The lowest BCUT2D eigenvalue weighted by Crippen LogP contribution is -2.35. The number of sulfone groups is 1. The van der Waals surface area contributed by atoms with Crippen molar-refractivity contribution < 1.29 is 8.42 Å². The number of hydrogen-bond acceptors (Lipinski definition) is 3. The molecule has 0 saturated heterocycles. The average Bonchev–Trinajstić information content (AvgIpc) is 2.85. The smallest absolute Gasteiger partial charge is 0.151 e. The Morgan fingerprint density at radius 1 is 1.25 bits per heavy atom. The molecule has 1 aliphatic carbocycles. The van der Waals surface area contributed by atoms with Crippen molar-refractivity contribution in [2.75, 3.05) is 12.8 Å². The SMILES string of the molecule is CCCNC(c1ccc2c(c1)CCC2)C(C)S(C)(=O)=O. The molecule has 1 N–H and O–H groups in total. The Balaban J connectivity index is 2.31. The van der Waals surface area contributed by atoms with Gasteiger partial charge in [0.2, 0.25) is 0 Å². The summed E-state index contributed by atoms with van der Waals surface area (Å²) >= 11 is 0. The van der Waals surface area contributed by atoms with E-state index >= 15 is 0 Å². The Bertz CT molecular complexity index is 566. The maximum absolute atomic E-state index is 11.9. The van der Waals surface area contributed by atoms with E-state index in [0.29, 0.717) is 0 Å². The van der Waals surface area contributed by atoms with Crippen LogP contribution in [0.15, 0.2) is 18.2 Å². The summed E-state index contributed by atoms with van der Waals surface area (Å²) in [5, 5.41) is 3.00. The second kappa shape index (κ2) is 6.27. The Morgan fingerprint density at radius 2 is 1.95 bits per heavy atom. The Labute approximate surface area is 122 Å². The van der Waals surface area contributed by atoms with E-state index in [0.717, 1.165) is 31.4 Å². The zero-order chi connectivity index (χ0) is 14.8. The van der Waals surface area contributed by atoms with Gasteiger partial charge >= 0.3 is 0 Å². The van der Waals surface area contributed by atoms with Gasteiger partial charge in [0.15, 0.2) is 9.84 Å². The second-order valence-electron chi connectivity index (χ2n) is 5.85. The van der Waals surface area contributed by atoms with Crippen LogP contribution < -0.4 is 5.32 Å². The summed E-state index contributed by atoms with van der Waals surface area (Å²) in [5.41, 5.74) is 3.93. The van der Waals surface area contributed by atoms with Crippen LogP contribution >= 0.6 is 0 Å². The Kier molecular flexibility index (Phi) is 4.86. The fraction of sp³-hybridized carbons (Fsp3) is 0.625. The molecule has 0 fully saturated rings. The van der Waals surface area contributed by atoms with E-state index in [1.807, 2.05) is 0 Å². The van der Waals surface area contributed by atoms with Crippen LogP contribution in [0.2, 0.25) is 0 Å². The molecular weight excluding hydrogens is 270 g/mol. The Hall–Kier alpha value is -0.870. The Morgan fingerprint density at radius 3 is 2.60 bits per heavy atom. The summed E-state index contributed by atoms with van der Waals surface area (Å²) < 4.78 is 23.8. The zero-order valence-corrected chi connectivity index (χ0v) is 13.5. The van der Waals surface area contributed by atoms with E-state index in [1.165, 1.54) is 23.8 Å². The maximum atomic E-state index is 11.9. The van der Waals surface area contributed by atoms with E-state index in [9.17, 15) is 8.42 Å². The van der Waals surface area contributed by atoms with Crippen molar-refractivity contribution in [2.24, 2.45) is 0 Å². The summed E-state index contributed by atoms with van der Waals surface area (Å²) in [6, 6.07) is 6.36. The molecule has 2 unspecified atom stereocenters. The number of fused-ring (bicyclic) bond motifs is 1. The average molecular weight is 295 g/mol. The first-order valence-corrected chi connectivity index (χ1v) is 9.43. The number of nitrogens with one attached hydrogen (secondary N) is 1. The molecule has 0 spiro atoms. The van der Waals surface area contributed by atoms with Crippen molar-refractivity contribution >= 4 is 9.84 Å². The summed E-state index contributed by atoms with van der Waals surface area (Å²) in [6.07, 6.45) is 5.82. The first kappa shape index (κ1) is 15.5. The molecule has 112 valence electrons. The predicted molar refractivity (Wildman–Crippen MR) is 83.8 cm³/mol. The lowest BCUT2D eigenvalue weighted by atomic mass is 9.99. The van der Waals surface area contributed by atoms with Gasteiger partial charge in [-0.25, -0.2) is 8.42 Å². The third-order valence-corrected chi connectivity index (χ3v) is 5.86. The van der Waals surface area contributed by atoms with E-state index in [4.69, 9.17) is 0 Å². The van der Waals surface area contributed by atoms with Gasteiger partial charge < -0.3 is 5.32 Å². The molecule has 1 aliphatic rings. The largest absolute Gasteiger partial charge is 0.309 e. The number of benzene rings is 1. The molecule has 0 radical (unpaired) electrons. The fourth-order valence-corrected chi connectivity index (χ4v) is 3.63. The minimum absolute atomic E-state index is 0.115. The fourth-order valence-electron chi connectivity index (χ4n) is 2.89. The van der Waals surface area contributed by atoms with E-state index < -0.39 is 15.1 Å². The van der Waals surface area contributed by atoms with Gasteiger partial charge in [0.25, 0.3) is 0 Å². The molecule has 2 atom stereocenters. The van der Waals surface area contributed by atoms with E-state index in [1.54, 1.807) is 6.92 Å². The summed E-state index contributed by atoms with van der Waals surface area (Å²) in [4.78, 5) is 0. The van der Waals surface area contributed by atoms with E-state index in [-0.39, 0.29) is 6.04 Å². The molecule has 0 amide bonds. The van der Waals surface area contributed by atoms with Crippen LogP contribution in [0, 0.1) is 0 Å². The van der Waals surface area contributed by atoms with Gasteiger partial charge in [0, 0.05) is 12.3 Å². The molecule has 20 heavy (non-hydrogen) atoms. The lowest BCUT2D eigenvalue weighted by Gasteiger charge is -2.25. The van der Waals surface area contributed by atoms with Crippen molar-refractivity contribution in [1.82, 2.24) is 5.32 Å². The molecule has 4 heteroatoms. The van der Waals surface area contributed by atoms with Gasteiger partial charge in [-0.05, 0) is 55.8 Å². The van der Waals surface area contributed by atoms with Gasteiger partial charge in [0.1, 0.15) is 0 Å². The summed E-state index contributed by atoms with van der Waals surface area (Å²) in [5.74, 6) is 0. The van der Waals surface area contributed by atoms with Crippen molar-refractivity contribution in [2.45, 2.75) is 50.8 Å². The molecule has 2 rings (SSSR count). The molecular formula is C16H25NO2S. The highest BCUT2D eigenvalue weighted by atomic mass is 32.2. The molecule has 1 aromatic carbocycles. The number of rotatable bonds is 6. The van der Waals surface area contributed by atoms with Gasteiger partial charge in [-0.1, -0.05) is 25.1 Å². The van der Waals surface area contributed by atoms with Crippen LogP contribution in [0.25, 0.3) is 0 Å². The van der Waals surface area contributed by atoms with Gasteiger partial charge in [0.05, 0.1) is 5.25 Å². The third-order valence-electron chi connectivity index (χ3n) is 4.24. The monoisotopic (exact) mass is 295 g/mol. The van der Waals surface area contributed by atoms with Crippen molar-refractivity contribution in [1.29, 1.82) is 0 Å². The zero-order valence-electron chi connectivity index (χ0n) is 12.6. The number of hydrogen-bond donors (Lipinski definition) is 1. The number of aryl methyl sites for hydroxylation is 2. The van der Waals surface area contributed by atoms with Crippen LogP contribution in [0.3, 0.4) is 0 Å². The van der Waals surface area contributed by atoms with Crippen LogP contribution in [-0.2, 0) is 22.7 Å². The molecule has 0 aliphatic heterocycles. The topological polar surface area (TPSA) is 46.2 Å². The normalized spacial score (nSPS) is 17.8. The highest BCUT2D eigenvalue weighted by Gasteiger charge is 2.27. The van der Waals surface area contributed by atoms with Crippen molar-refractivity contribution in [3.8, 4) is 0 Å². The molecule has 0 saturated carbocycles. The summed E-state index contributed by atoms with van der Waals surface area (Å²) in [7, 11) is -3.06. The van der Waals surface area contributed by atoms with Gasteiger partial charge in [-0.3, -0.25) is 0 Å². The molecule has 1 aromatic rings. The molecule has 3 nitrogen and oxygen atoms in total. The van der Waals surface area contributed by atoms with Crippen LogP contribution in [0.1, 0.15) is 49.4 Å². The third kappa shape index (κ3) is 3.41. The summed E-state index contributed by atoms with van der Waals surface area (Å²) in [6.45, 7) is 4.73. The van der Waals surface area contributed by atoms with Crippen molar-refractivity contribution in [3.05, 3.63) is 34.9 Å². The second-order valence-corrected chi connectivity index (χ2v) is 8.25. The molecule has 0 bridgehead atoms. The van der Waals surface area contributed by atoms with E-state index in [2.05, 4.69) is 30.4 Å². The first-order valence-electron chi connectivity index (χ1n) is 7.47. The minimum atomic E-state index is -3.06. The standard InChI is InChI=1S/C16H25NO2S/c1-4-10-17-16(12(2)20(3,18)19)15-9-8-13-6-5-7-14(13)11-15/h8-9,11-12,16-17H,4-7,10H2,1-3H3. The minimum Gasteiger partial charge on any atom is -0.309 e.